The summed E-state index contributed by atoms with van der Waals surface area (Å²) in [7, 11) is 0. The Hall–Kier alpha value is -0.0500. The molecule has 0 heterocycles. The second-order valence-electron chi connectivity index (χ2n) is 5.52. The molecule has 0 bridgehead atoms. The highest BCUT2D eigenvalue weighted by Crippen LogP contribution is 2.16. The van der Waals surface area contributed by atoms with Crippen LogP contribution in [-0.2, 0) is 4.79 Å². The lowest BCUT2D eigenvalue weighted by Gasteiger charge is -2.06. The zero-order valence-electron chi connectivity index (χ0n) is 12.5. The van der Waals surface area contributed by atoms with Gasteiger partial charge in [-0.1, -0.05) is 93.5 Å². The Labute approximate surface area is 127 Å². The first-order chi connectivity index (χ1) is 9.16. The molecule has 1 N–H and O–H groups in total. The van der Waals surface area contributed by atoms with Gasteiger partial charge in [-0.2, -0.15) is 0 Å². The molecule has 114 valence electrons. The van der Waals surface area contributed by atoms with Gasteiger partial charge in [0.15, 0.2) is 0 Å². The summed E-state index contributed by atoms with van der Waals surface area (Å²) < 4.78 is 0. The first kappa shape index (κ1) is 18.9. The van der Waals surface area contributed by atoms with Crippen LogP contribution in [-0.4, -0.2) is 15.9 Å². The lowest BCUT2D eigenvalue weighted by molar-refractivity contribution is -0.136. The van der Waals surface area contributed by atoms with Crippen LogP contribution in [0.25, 0.3) is 0 Å². The largest absolute Gasteiger partial charge is 0.481 e. The van der Waals surface area contributed by atoms with Gasteiger partial charge in [0, 0.05) is 4.83 Å². The van der Waals surface area contributed by atoms with Crippen molar-refractivity contribution < 1.29 is 9.90 Å². The fourth-order valence-corrected chi connectivity index (χ4v) is 2.92. The highest BCUT2D eigenvalue weighted by molar-refractivity contribution is 9.09. The molecular formula is C16H31BrO2. The van der Waals surface area contributed by atoms with Crippen LogP contribution in [0, 0.1) is 0 Å². The molecule has 0 aromatic heterocycles. The fraction of sp³-hybridized carbons (Fsp3) is 0.938. The minimum atomic E-state index is -0.704. The Bertz CT molecular complexity index is 207. The molecule has 0 aromatic carbocycles. The minimum Gasteiger partial charge on any atom is -0.481 e. The van der Waals surface area contributed by atoms with Crippen molar-refractivity contribution in [1.82, 2.24) is 0 Å². The molecule has 0 aliphatic heterocycles. The fourth-order valence-electron chi connectivity index (χ4n) is 2.32. The van der Waals surface area contributed by atoms with Gasteiger partial charge in [-0.05, 0) is 6.42 Å². The van der Waals surface area contributed by atoms with Crippen molar-refractivity contribution in [1.29, 1.82) is 0 Å². The van der Waals surface area contributed by atoms with Crippen LogP contribution in [0.15, 0.2) is 0 Å². The van der Waals surface area contributed by atoms with Gasteiger partial charge in [-0.25, -0.2) is 0 Å². The normalized spacial score (nSPS) is 12.5. The first-order valence-corrected chi connectivity index (χ1v) is 8.94. The summed E-state index contributed by atoms with van der Waals surface area (Å²) in [4.78, 5) is 10.6. The molecule has 0 aliphatic carbocycles. The predicted octanol–water partition coefficient (Wildman–Crippen LogP) is 5.93. The van der Waals surface area contributed by atoms with Crippen molar-refractivity contribution >= 4 is 21.9 Å². The molecule has 1 unspecified atom stereocenters. The third-order valence-corrected chi connectivity index (χ3v) is 4.30. The van der Waals surface area contributed by atoms with Crippen LogP contribution in [0.2, 0.25) is 0 Å². The van der Waals surface area contributed by atoms with Gasteiger partial charge >= 0.3 is 5.97 Å². The summed E-state index contributed by atoms with van der Waals surface area (Å²) >= 11 is 3.42. The van der Waals surface area contributed by atoms with E-state index in [4.69, 9.17) is 5.11 Å². The van der Waals surface area contributed by atoms with E-state index in [0.717, 1.165) is 12.8 Å². The van der Waals surface area contributed by atoms with Gasteiger partial charge in [-0.15, -0.1) is 0 Å². The summed E-state index contributed by atoms with van der Waals surface area (Å²) in [5, 5.41) is 8.63. The molecule has 0 radical (unpaired) electrons. The van der Waals surface area contributed by atoms with Crippen molar-refractivity contribution in [3.8, 4) is 0 Å². The van der Waals surface area contributed by atoms with E-state index in [0.29, 0.717) is 0 Å². The molecule has 0 fully saturated rings. The quantitative estimate of drug-likeness (QED) is 0.316. The number of hydrogen-bond acceptors (Lipinski definition) is 1. The Kier molecular flexibility index (Phi) is 14.3. The minimum absolute atomic E-state index is 0.156. The maximum Gasteiger partial charge on any atom is 0.304 e. The third-order valence-electron chi connectivity index (χ3n) is 3.52. The molecule has 0 rings (SSSR count). The van der Waals surface area contributed by atoms with Gasteiger partial charge in [0.25, 0.3) is 0 Å². The van der Waals surface area contributed by atoms with Crippen LogP contribution in [0.5, 0.6) is 0 Å². The van der Waals surface area contributed by atoms with E-state index in [-0.39, 0.29) is 11.2 Å². The van der Waals surface area contributed by atoms with Crippen molar-refractivity contribution in [2.45, 2.75) is 95.2 Å². The number of carboxylic acid groups (broad SMARTS) is 1. The smallest absolute Gasteiger partial charge is 0.304 e. The second kappa shape index (κ2) is 14.4. The lowest BCUT2D eigenvalue weighted by atomic mass is 10.0. The third kappa shape index (κ3) is 15.9. The lowest BCUT2D eigenvalue weighted by Crippen LogP contribution is -2.06. The number of alkyl halides is 1. The number of carboxylic acids is 1. The van der Waals surface area contributed by atoms with Gasteiger partial charge in [0.1, 0.15) is 0 Å². The average Bonchev–Trinajstić information content (AvgIpc) is 2.35. The molecule has 19 heavy (non-hydrogen) atoms. The van der Waals surface area contributed by atoms with Crippen LogP contribution in [0.4, 0.5) is 0 Å². The number of unbranched alkanes of at least 4 members (excludes halogenated alkanes) is 10. The Balaban J connectivity index is 3.08. The molecule has 0 spiro atoms. The predicted molar refractivity (Wildman–Crippen MR) is 86.0 cm³/mol. The van der Waals surface area contributed by atoms with E-state index in [1.54, 1.807) is 0 Å². The van der Waals surface area contributed by atoms with Crippen molar-refractivity contribution in [3.05, 3.63) is 0 Å². The molecule has 0 aromatic rings. The van der Waals surface area contributed by atoms with E-state index in [9.17, 15) is 4.79 Å². The van der Waals surface area contributed by atoms with E-state index in [1.165, 1.54) is 64.2 Å². The maximum atomic E-state index is 10.5. The van der Waals surface area contributed by atoms with Crippen LogP contribution < -0.4 is 0 Å². The summed E-state index contributed by atoms with van der Waals surface area (Å²) in [6, 6.07) is 0. The number of carbonyl (C=O) groups is 1. The Morgan fingerprint density at radius 1 is 0.895 bits per heavy atom. The number of halogens is 1. The highest BCUT2D eigenvalue weighted by atomic mass is 79.9. The summed E-state index contributed by atoms with van der Waals surface area (Å²) in [6.07, 6.45) is 16.0. The summed E-state index contributed by atoms with van der Waals surface area (Å²) in [5.74, 6) is -0.704. The Morgan fingerprint density at radius 3 is 1.74 bits per heavy atom. The second-order valence-corrected chi connectivity index (χ2v) is 6.81. The molecule has 0 saturated carbocycles. The molecule has 2 nitrogen and oxygen atoms in total. The number of aliphatic carboxylic acids is 1. The number of hydrogen-bond donors (Lipinski definition) is 1. The monoisotopic (exact) mass is 334 g/mol. The highest BCUT2D eigenvalue weighted by Gasteiger charge is 2.08. The zero-order valence-corrected chi connectivity index (χ0v) is 14.1. The van der Waals surface area contributed by atoms with E-state index >= 15 is 0 Å². The number of rotatable bonds is 14. The summed E-state index contributed by atoms with van der Waals surface area (Å²) in [6.45, 7) is 2.26. The van der Waals surface area contributed by atoms with Crippen molar-refractivity contribution in [2.75, 3.05) is 0 Å². The molecule has 0 aliphatic rings. The van der Waals surface area contributed by atoms with Crippen LogP contribution >= 0.6 is 15.9 Å². The Morgan fingerprint density at radius 2 is 1.32 bits per heavy atom. The summed E-state index contributed by atoms with van der Waals surface area (Å²) in [5.41, 5.74) is 0. The van der Waals surface area contributed by atoms with Gasteiger partial charge in [0.2, 0.25) is 0 Å². The van der Waals surface area contributed by atoms with Crippen LogP contribution in [0.1, 0.15) is 90.4 Å². The van der Waals surface area contributed by atoms with E-state index < -0.39 is 5.97 Å². The molecule has 1 atom stereocenters. The van der Waals surface area contributed by atoms with E-state index in [2.05, 4.69) is 22.9 Å². The van der Waals surface area contributed by atoms with Crippen LogP contribution in [0.3, 0.4) is 0 Å². The first-order valence-electron chi connectivity index (χ1n) is 8.02. The zero-order chi connectivity index (χ0) is 14.3. The van der Waals surface area contributed by atoms with Gasteiger partial charge < -0.3 is 5.11 Å². The molecule has 0 amide bonds. The van der Waals surface area contributed by atoms with E-state index in [1.807, 2.05) is 0 Å². The molecular weight excluding hydrogens is 304 g/mol. The molecule has 0 saturated heterocycles. The maximum absolute atomic E-state index is 10.5. The molecule has 3 heteroatoms. The van der Waals surface area contributed by atoms with Crippen molar-refractivity contribution in [3.63, 3.8) is 0 Å². The van der Waals surface area contributed by atoms with Gasteiger partial charge in [0.05, 0.1) is 6.42 Å². The average molecular weight is 335 g/mol. The SMILES string of the molecule is CCCCCCCCCCCCCC(Br)CC(=O)O. The van der Waals surface area contributed by atoms with Crippen molar-refractivity contribution in [2.24, 2.45) is 0 Å². The van der Waals surface area contributed by atoms with Gasteiger partial charge in [-0.3, -0.25) is 4.79 Å². The topological polar surface area (TPSA) is 37.3 Å². The standard InChI is InChI=1S/C16H31BrO2/c1-2-3-4-5-6-7-8-9-10-11-12-13-15(17)14-16(18)19/h15H,2-14H2,1H3,(H,18,19).